The van der Waals surface area contributed by atoms with Crippen molar-refractivity contribution in [3.05, 3.63) is 199 Å². The Labute approximate surface area is 366 Å². The van der Waals surface area contributed by atoms with E-state index >= 15 is 0 Å². The van der Waals surface area contributed by atoms with Gasteiger partial charge in [-0.3, -0.25) is 0 Å². The third kappa shape index (κ3) is 7.81. The van der Waals surface area contributed by atoms with Crippen molar-refractivity contribution in [2.45, 2.75) is 46.4 Å². The molecule has 0 fully saturated rings. The molecule has 60 heavy (non-hydrogen) atoms. The molecule has 0 unspecified atom stereocenters. The Hall–Kier alpha value is -6.20. The van der Waals surface area contributed by atoms with E-state index < -0.39 is 11.8 Å². The number of halogens is 1. The number of para-hydroxylation sites is 2. The van der Waals surface area contributed by atoms with Gasteiger partial charge in [0.05, 0.1) is 5.58 Å². The van der Waals surface area contributed by atoms with Gasteiger partial charge in [0.1, 0.15) is 11.4 Å². The second-order valence-electron chi connectivity index (χ2n) is 16.4. The number of hydrogen-bond donors (Lipinski definition) is 0. The van der Waals surface area contributed by atoms with E-state index in [1.807, 2.05) is 39.1 Å². The van der Waals surface area contributed by atoms with Gasteiger partial charge in [-0.1, -0.05) is 141 Å². The quantitative estimate of drug-likeness (QED) is 0.156. The molecule has 4 heterocycles. The summed E-state index contributed by atoms with van der Waals surface area (Å²) in [5.41, 5.74) is 9.98. The molecule has 0 saturated heterocycles. The first kappa shape index (κ1) is 38.0. The summed E-state index contributed by atoms with van der Waals surface area (Å²) in [5, 5.41) is 4.10. The molecule has 10 rings (SSSR count). The van der Waals surface area contributed by atoms with Gasteiger partial charge in [0.25, 0.3) is 0 Å². The molecule has 0 spiro atoms. The summed E-state index contributed by atoms with van der Waals surface area (Å²) in [5.74, 6) is -0.356. The van der Waals surface area contributed by atoms with E-state index in [-0.39, 0.29) is 31.3 Å². The Morgan fingerprint density at radius 1 is 0.683 bits per heavy atom. The maximum absolute atomic E-state index is 13.6. The number of furan rings is 1. The summed E-state index contributed by atoms with van der Waals surface area (Å²) >= 11 is 0. The first-order chi connectivity index (χ1) is 29.3. The van der Waals surface area contributed by atoms with Crippen LogP contribution in [-0.4, -0.2) is 14.5 Å². The summed E-state index contributed by atoms with van der Waals surface area (Å²) in [7, 11) is 0. The molecule has 0 amide bonds. The molecule has 10 aromatic rings. The van der Waals surface area contributed by atoms with E-state index in [0.717, 1.165) is 33.2 Å². The third-order valence-electron chi connectivity index (χ3n) is 10.8. The summed E-state index contributed by atoms with van der Waals surface area (Å²) < 4.78 is 38.8. The summed E-state index contributed by atoms with van der Waals surface area (Å²) in [6.07, 6.45) is 1.95. The maximum Gasteiger partial charge on any atom is 0.126 e. The number of nitrogens with zero attached hydrogens (tertiary/aromatic N) is 3. The fraction of sp³-hybridized carbons (Fsp3) is 0.148. The van der Waals surface area contributed by atoms with Crippen LogP contribution < -0.4 is 0 Å². The Kier molecular flexibility index (Phi) is 10.4. The fourth-order valence-electron chi connectivity index (χ4n) is 8.02. The van der Waals surface area contributed by atoms with Gasteiger partial charge in [0.15, 0.2) is 0 Å². The van der Waals surface area contributed by atoms with Crippen molar-refractivity contribution in [3.63, 3.8) is 0 Å². The molecule has 6 heteroatoms. The number of aromatic nitrogens is 3. The van der Waals surface area contributed by atoms with Crippen molar-refractivity contribution in [2.24, 2.45) is 5.41 Å². The molecule has 0 aliphatic heterocycles. The zero-order valence-electron chi connectivity index (χ0n) is 36.0. The molecule has 299 valence electrons. The number of pyridine rings is 2. The van der Waals surface area contributed by atoms with Gasteiger partial charge in [0.2, 0.25) is 0 Å². The molecule has 0 N–H and O–H groups in total. The van der Waals surface area contributed by atoms with Crippen LogP contribution in [-0.2, 0) is 31.9 Å². The van der Waals surface area contributed by atoms with E-state index in [1.54, 1.807) is 30.5 Å². The predicted octanol–water partition coefficient (Wildman–Crippen LogP) is 14.1. The van der Waals surface area contributed by atoms with Gasteiger partial charge in [0, 0.05) is 63.3 Å². The summed E-state index contributed by atoms with van der Waals surface area (Å²) in [6.45, 7) is 10.1. The molecule has 0 aliphatic rings. The van der Waals surface area contributed by atoms with E-state index in [4.69, 9.17) is 12.1 Å². The molecular formula is C54H44FIrN3O-2. The average Bonchev–Trinajstić information content (AvgIpc) is 3.82. The van der Waals surface area contributed by atoms with Crippen LogP contribution in [0.2, 0.25) is 0 Å². The number of rotatable bonds is 6. The molecule has 0 atom stereocenters. The Bertz CT molecular complexity index is 3210. The van der Waals surface area contributed by atoms with Crippen LogP contribution in [0.25, 0.3) is 71.9 Å². The van der Waals surface area contributed by atoms with Crippen LogP contribution in [0.5, 0.6) is 0 Å². The second-order valence-corrected chi connectivity index (χ2v) is 16.4. The van der Waals surface area contributed by atoms with Crippen molar-refractivity contribution in [1.29, 1.82) is 0 Å². The molecule has 0 saturated carbocycles. The third-order valence-corrected chi connectivity index (χ3v) is 10.8. The molecule has 0 bridgehead atoms. The number of fused-ring (bicyclic) bond motifs is 6. The maximum atomic E-state index is 13.6. The predicted molar refractivity (Wildman–Crippen MR) is 240 cm³/mol. The summed E-state index contributed by atoms with van der Waals surface area (Å²) in [6, 6.07) is 56.7. The first-order valence-corrected chi connectivity index (χ1v) is 19.8. The molecule has 6 aromatic carbocycles. The zero-order chi connectivity index (χ0) is 42.5. The Balaban J connectivity index is 0.000000172. The van der Waals surface area contributed by atoms with Gasteiger partial charge in [-0.2, -0.15) is 0 Å². The van der Waals surface area contributed by atoms with Crippen LogP contribution in [0, 0.1) is 23.4 Å². The SMILES string of the molecule is CC(C)(c1ccccc1)c1cccnc1-c1[c-]cc2c3ccccc3n(-c3ccccc3)c2c1.[2H]C([2H])(c1ccnc(-c2[c-]ccc3c2oc2cc(F)ccc23)c1)C(C)(C)C.[Ir]. The second kappa shape index (κ2) is 16.5. The van der Waals surface area contributed by atoms with Gasteiger partial charge >= 0.3 is 0 Å². The van der Waals surface area contributed by atoms with Gasteiger partial charge in [-0.15, -0.1) is 42.0 Å². The average molecular weight is 964 g/mol. The number of hydrogen-bond acceptors (Lipinski definition) is 3. The normalized spacial score (nSPS) is 12.5. The summed E-state index contributed by atoms with van der Waals surface area (Å²) in [4.78, 5) is 9.27. The largest absolute Gasteiger partial charge is 0.500 e. The monoisotopic (exact) mass is 964 g/mol. The van der Waals surface area contributed by atoms with E-state index in [9.17, 15) is 4.39 Å². The van der Waals surface area contributed by atoms with Crippen molar-refractivity contribution >= 4 is 43.7 Å². The van der Waals surface area contributed by atoms with Crippen LogP contribution in [0.15, 0.2) is 168 Å². The minimum Gasteiger partial charge on any atom is -0.500 e. The van der Waals surface area contributed by atoms with Crippen LogP contribution in [0.3, 0.4) is 0 Å². The minimum atomic E-state index is -1.53. The molecule has 0 aliphatic carbocycles. The standard InChI is InChI=1S/C32H25N2.C22H19FNO.Ir/c1-32(2,24-12-5-3-6-13-24)28-17-11-21-33-31(28)23-19-20-27-26-16-9-10-18-29(26)34(30(27)22-23)25-14-7-4-8-15-25;1-22(2,3)13-14-9-10-24-19(11-14)18-6-4-5-17-16-8-7-15(23)12-20(16)25-21(17)18;/h3-18,20-22H,1-2H3;4-5,7-12H,13H2,1-3H3;/q2*-1;/i;13D2;. The fourth-order valence-corrected chi connectivity index (χ4v) is 8.02. The van der Waals surface area contributed by atoms with Crippen molar-refractivity contribution in [1.82, 2.24) is 14.5 Å². The number of benzene rings is 6. The van der Waals surface area contributed by atoms with Gasteiger partial charge in [-0.25, -0.2) is 4.39 Å². The Morgan fingerprint density at radius 3 is 2.22 bits per heavy atom. The van der Waals surface area contributed by atoms with Crippen LogP contribution in [0.1, 0.15) is 54.1 Å². The van der Waals surface area contributed by atoms with Gasteiger partial charge < -0.3 is 19.0 Å². The minimum absolute atomic E-state index is 0. The van der Waals surface area contributed by atoms with E-state index in [2.05, 4.69) is 139 Å². The topological polar surface area (TPSA) is 43.9 Å². The van der Waals surface area contributed by atoms with E-state index in [0.29, 0.717) is 28.0 Å². The smallest absolute Gasteiger partial charge is 0.126 e. The van der Waals surface area contributed by atoms with Crippen molar-refractivity contribution < 1.29 is 31.7 Å². The Morgan fingerprint density at radius 2 is 1.43 bits per heavy atom. The first-order valence-electron chi connectivity index (χ1n) is 20.8. The van der Waals surface area contributed by atoms with Crippen LogP contribution >= 0.6 is 0 Å². The molecular weight excluding hydrogens is 918 g/mol. The van der Waals surface area contributed by atoms with E-state index in [1.165, 1.54) is 39.5 Å². The van der Waals surface area contributed by atoms with Crippen molar-refractivity contribution in [3.8, 4) is 28.2 Å². The molecule has 4 nitrogen and oxygen atoms in total. The van der Waals surface area contributed by atoms with Crippen molar-refractivity contribution in [2.75, 3.05) is 0 Å². The molecule has 4 aromatic heterocycles. The van der Waals surface area contributed by atoms with Gasteiger partial charge in [-0.05, 0) is 82.1 Å². The molecule has 1 radical (unpaired) electrons. The van der Waals surface area contributed by atoms with Crippen LogP contribution in [0.4, 0.5) is 4.39 Å². The zero-order valence-corrected chi connectivity index (χ0v) is 36.4.